The van der Waals surface area contributed by atoms with Gasteiger partial charge in [0.05, 0.1) is 5.60 Å². The van der Waals surface area contributed by atoms with Crippen molar-refractivity contribution in [2.75, 3.05) is 26.4 Å². The summed E-state index contributed by atoms with van der Waals surface area (Å²) in [6, 6.07) is 1.28. The maximum atomic E-state index is 6.04. The van der Waals surface area contributed by atoms with Crippen LogP contribution in [0.3, 0.4) is 0 Å². The highest BCUT2D eigenvalue weighted by atomic mass is 16.5. The average Bonchev–Trinajstić information content (AvgIpc) is 2.13. The Morgan fingerprint density at radius 1 is 1.00 bits per heavy atom. The van der Waals surface area contributed by atoms with E-state index in [-0.39, 0.29) is 5.60 Å². The largest absolute Gasteiger partial charge is 0.357 e. The lowest BCUT2D eigenvalue weighted by Crippen LogP contribution is -2.68. The first-order valence-electron chi connectivity index (χ1n) is 6.14. The van der Waals surface area contributed by atoms with Crippen LogP contribution in [0, 0.1) is 0 Å². The van der Waals surface area contributed by atoms with Gasteiger partial charge in [-0.2, -0.15) is 0 Å². The van der Waals surface area contributed by atoms with Crippen molar-refractivity contribution >= 4 is 0 Å². The van der Waals surface area contributed by atoms with Gasteiger partial charge in [-0.15, -0.1) is 0 Å². The highest BCUT2D eigenvalue weighted by molar-refractivity contribution is 5.00. The molecule has 0 aromatic rings. The van der Waals surface area contributed by atoms with E-state index in [9.17, 15) is 0 Å². The van der Waals surface area contributed by atoms with Crippen LogP contribution in [0.2, 0.25) is 0 Å². The Kier molecular flexibility index (Phi) is 3.06. The van der Waals surface area contributed by atoms with E-state index in [0.29, 0.717) is 12.1 Å². The third-order valence-corrected chi connectivity index (χ3v) is 3.83. The van der Waals surface area contributed by atoms with Gasteiger partial charge in [0, 0.05) is 31.7 Å². The second-order valence-corrected chi connectivity index (χ2v) is 5.61. The quantitative estimate of drug-likeness (QED) is 0.690. The molecule has 0 aromatic carbocycles. The minimum absolute atomic E-state index is 0.204. The first kappa shape index (κ1) is 11.4. The van der Waals surface area contributed by atoms with E-state index in [2.05, 4.69) is 37.5 Å². The molecular weight excluding hydrogens is 188 g/mol. The summed E-state index contributed by atoms with van der Waals surface area (Å²) < 4.78 is 6.04. The van der Waals surface area contributed by atoms with Crippen molar-refractivity contribution in [2.45, 2.75) is 51.8 Å². The normalized spacial score (nSPS) is 27.6. The summed E-state index contributed by atoms with van der Waals surface area (Å²) in [7, 11) is 0. The van der Waals surface area contributed by atoms with Crippen LogP contribution in [-0.2, 0) is 4.74 Å². The summed E-state index contributed by atoms with van der Waals surface area (Å²) in [5.41, 5.74) is 0.204. The summed E-state index contributed by atoms with van der Waals surface area (Å²) in [5.74, 6) is 0. The SMILES string of the molecule is CC(C)N1CCC2(CN(C(C)C)C2)OC1. The van der Waals surface area contributed by atoms with Gasteiger partial charge >= 0.3 is 0 Å². The molecule has 2 aliphatic heterocycles. The maximum absolute atomic E-state index is 6.04. The summed E-state index contributed by atoms with van der Waals surface area (Å²) in [5, 5.41) is 0. The van der Waals surface area contributed by atoms with Crippen molar-refractivity contribution in [3.05, 3.63) is 0 Å². The molecule has 0 amide bonds. The fraction of sp³-hybridized carbons (Fsp3) is 1.00. The molecule has 3 heteroatoms. The number of nitrogens with zero attached hydrogens (tertiary/aromatic N) is 2. The molecule has 0 unspecified atom stereocenters. The second-order valence-electron chi connectivity index (χ2n) is 5.61. The molecule has 3 nitrogen and oxygen atoms in total. The van der Waals surface area contributed by atoms with Crippen LogP contribution in [0.1, 0.15) is 34.1 Å². The fourth-order valence-corrected chi connectivity index (χ4v) is 2.42. The monoisotopic (exact) mass is 212 g/mol. The first-order chi connectivity index (χ1) is 7.02. The molecule has 0 N–H and O–H groups in total. The molecule has 0 saturated carbocycles. The lowest BCUT2D eigenvalue weighted by atomic mass is 9.87. The average molecular weight is 212 g/mol. The standard InChI is InChI=1S/C12H24N2O/c1-10(2)13-6-5-12(15-9-13)7-14(8-12)11(3)4/h10-11H,5-9H2,1-4H3. The molecule has 1 spiro atoms. The van der Waals surface area contributed by atoms with Gasteiger partial charge in [-0.05, 0) is 34.1 Å². The number of hydrogen-bond acceptors (Lipinski definition) is 3. The lowest BCUT2D eigenvalue weighted by molar-refractivity contribution is -0.212. The van der Waals surface area contributed by atoms with Gasteiger partial charge in [0.25, 0.3) is 0 Å². The van der Waals surface area contributed by atoms with Gasteiger partial charge in [0.2, 0.25) is 0 Å². The summed E-state index contributed by atoms with van der Waals surface area (Å²) >= 11 is 0. The molecule has 0 atom stereocenters. The smallest absolute Gasteiger partial charge is 0.100 e. The summed E-state index contributed by atoms with van der Waals surface area (Å²) in [4.78, 5) is 4.90. The zero-order valence-electron chi connectivity index (χ0n) is 10.5. The molecule has 2 rings (SSSR count). The molecule has 15 heavy (non-hydrogen) atoms. The van der Waals surface area contributed by atoms with Crippen molar-refractivity contribution in [1.29, 1.82) is 0 Å². The molecule has 2 heterocycles. The van der Waals surface area contributed by atoms with Crippen LogP contribution in [0.4, 0.5) is 0 Å². The van der Waals surface area contributed by atoms with Gasteiger partial charge in [-0.1, -0.05) is 0 Å². The van der Waals surface area contributed by atoms with Crippen LogP contribution in [0.5, 0.6) is 0 Å². The molecule has 0 aromatic heterocycles. The van der Waals surface area contributed by atoms with Gasteiger partial charge in [-0.25, -0.2) is 0 Å². The van der Waals surface area contributed by atoms with Crippen LogP contribution >= 0.6 is 0 Å². The van der Waals surface area contributed by atoms with Crippen molar-refractivity contribution in [3.63, 3.8) is 0 Å². The Bertz CT molecular complexity index is 212. The van der Waals surface area contributed by atoms with Crippen molar-refractivity contribution in [1.82, 2.24) is 9.80 Å². The van der Waals surface area contributed by atoms with E-state index in [0.717, 1.165) is 19.8 Å². The van der Waals surface area contributed by atoms with Gasteiger partial charge in [-0.3, -0.25) is 9.80 Å². The maximum Gasteiger partial charge on any atom is 0.100 e. The van der Waals surface area contributed by atoms with E-state index in [1.54, 1.807) is 0 Å². The van der Waals surface area contributed by atoms with Crippen molar-refractivity contribution in [3.8, 4) is 0 Å². The molecule has 2 aliphatic rings. The zero-order chi connectivity index (χ0) is 11.1. The van der Waals surface area contributed by atoms with E-state index >= 15 is 0 Å². The third kappa shape index (κ3) is 2.19. The molecule has 0 radical (unpaired) electrons. The third-order valence-electron chi connectivity index (χ3n) is 3.83. The Morgan fingerprint density at radius 2 is 1.60 bits per heavy atom. The molecule has 88 valence electrons. The van der Waals surface area contributed by atoms with E-state index in [1.807, 2.05) is 0 Å². The van der Waals surface area contributed by atoms with Crippen LogP contribution in [0.25, 0.3) is 0 Å². The minimum atomic E-state index is 0.204. The van der Waals surface area contributed by atoms with Crippen molar-refractivity contribution < 1.29 is 4.74 Å². The van der Waals surface area contributed by atoms with Crippen LogP contribution in [0.15, 0.2) is 0 Å². The Hall–Kier alpha value is -0.120. The second kappa shape index (κ2) is 4.04. The van der Waals surface area contributed by atoms with Crippen LogP contribution in [-0.4, -0.2) is 53.8 Å². The number of ether oxygens (including phenoxy) is 1. The summed E-state index contributed by atoms with van der Waals surface area (Å²) in [6.07, 6.45) is 1.20. The Labute approximate surface area is 93.4 Å². The molecular formula is C12H24N2O. The van der Waals surface area contributed by atoms with Crippen molar-refractivity contribution in [2.24, 2.45) is 0 Å². The van der Waals surface area contributed by atoms with E-state index in [4.69, 9.17) is 4.74 Å². The molecule has 2 fully saturated rings. The van der Waals surface area contributed by atoms with Crippen LogP contribution < -0.4 is 0 Å². The molecule has 0 bridgehead atoms. The number of likely N-dealkylation sites (tertiary alicyclic amines) is 1. The molecule has 0 aliphatic carbocycles. The van der Waals surface area contributed by atoms with Gasteiger partial charge in [0.1, 0.15) is 6.73 Å². The number of rotatable bonds is 2. The minimum Gasteiger partial charge on any atom is -0.357 e. The highest BCUT2D eigenvalue weighted by Gasteiger charge is 2.47. The first-order valence-corrected chi connectivity index (χ1v) is 6.14. The van der Waals surface area contributed by atoms with Gasteiger partial charge in [0.15, 0.2) is 0 Å². The topological polar surface area (TPSA) is 15.7 Å². The Balaban J connectivity index is 1.80. The Morgan fingerprint density at radius 3 is 2.00 bits per heavy atom. The molecule has 2 saturated heterocycles. The zero-order valence-corrected chi connectivity index (χ0v) is 10.5. The predicted octanol–water partition coefficient (Wildman–Crippen LogP) is 1.54. The van der Waals surface area contributed by atoms with E-state index < -0.39 is 0 Å². The van der Waals surface area contributed by atoms with Gasteiger partial charge < -0.3 is 4.74 Å². The number of hydrogen-bond donors (Lipinski definition) is 0. The highest BCUT2D eigenvalue weighted by Crippen LogP contribution is 2.33. The fourth-order valence-electron chi connectivity index (χ4n) is 2.42. The summed E-state index contributed by atoms with van der Waals surface area (Å²) in [6.45, 7) is 13.3. The van der Waals surface area contributed by atoms with E-state index in [1.165, 1.54) is 13.0 Å². The lowest BCUT2D eigenvalue weighted by Gasteiger charge is -2.55. The predicted molar refractivity (Wildman–Crippen MR) is 61.9 cm³/mol.